The van der Waals surface area contributed by atoms with E-state index in [0.29, 0.717) is 19.0 Å². The molecule has 2 N–H and O–H groups in total. The molecule has 2 heterocycles. The first-order valence-electron chi connectivity index (χ1n) is 6.24. The zero-order chi connectivity index (χ0) is 14.0. The SMILES string of the molecule is COCC(C)NCc1nc2sc(C)c(C)c2c(=O)[nH]1. The third-order valence-electron chi connectivity index (χ3n) is 3.12. The molecule has 104 valence electrons. The van der Waals surface area contributed by atoms with Crippen LogP contribution in [0.5, 0.6) is 0 Å². The van der Waals surface area contributed by atoms with Crippen LogP contribution in [0.15, 0.2) is 4.79 Å². The van der Waals surface area contributed by atoms with Crippen LogP contribution in [-0.4, -0.2) is 29.7 Å². The Morgan fingerprint density at radius 1 is 1.47 bits per heavy atom. The quantitative estimate of drug-likeness (QED) is 0.876. The minimum atomic E-state index is -0.0527. The molecular formula is C13H19N3O2S. The molecule has 2 aromatic rings. The van der Waals surface area contributed by atoms with Crippen LogP contribution in [0.3, 0.4) is 0 Å². The van der Waals surface area contributed by atoms with Gasteiger partial charge in [-0.15, -0.1) is 11.3 Å². The van der Waals surface area contributed by atoms with Crippen LogP contribution in [-0.2, 0) is 11.3 Å². The number of nitrogens with one attached hydrogen (secondary N) is 2. The fraction of sp³-hybridized carbons (Fsp3) is 0.538. The summed E-state index contributed by atoms with van der Waals surface area (Å²) in [5.74, 6) is 0.668. The number of aromatic amines is 1. The topological polar surface area (TPSA) is 67.0 Å². The van der Waals surface area contributed by atoms with Crippen LogP contribution in [0.25, 0.3) is 10.2 Å². The highest BCUT2D eigenvalue weighted by Crippen LogP contribution is 2.25. The van der Waals surface area contributed by atoms with Gasteiger partial charge in [0.25, 0.3) is 5.56 Å². The van der Waals surface area contributed by atoms with Gasteiger partial charge in [-0.05, 0) is 26.3 Å². The Morgan fingerprint density at radius 2 is 2.21 bits per heavy atom. The Kier molecular flexibility index (Phi) is 4.34. The number of fused-ring (bicyclic) bond motifs is 1. The first-order chi connectivity index (χ1) is 9.02. The van der Waals surface area contributed by atoms with Gasteiger partial charge in [0.05, 0.1) is 18.5 Å². The fourth-order valence-corrected chi connectivity index (χ4v) is 3.01. The maximum atomic E-state index is 12.1. The normalized spacial score (nSPS) is 13.1. The van der Waals surface area contributed by atoms with E-state index in [1.165, 1.54) is 0 Å². The zero-order valence-corrected chi connectivity index (χ0v) is 12.5. The summed E-state index contributed by atoms with van der Waals surface area (Å²) in [4.78, 5) is 21.4. The molecule has 0 saturated heterocycles. The number of rotatable bonds is 5. The highest BCUT2D eigenvalue weighted by molar-refractivity contribution is 7.18. The molecule has 0 aliphatic carbocycles. The molecule has 5 nitrogen and oxygen atoms in total. The Balaban J connectivity index is 2.24. The van der Waals surface area contributed by atoms with Gasteiger partial charge in [-0.1, -0.05) is 0 Å². The molecular weight excluding hydrogens is 262 g/mol. The third-order valence-corrected chi connectivity index (χ3v) is 4.22. The number of ether oxygens (including phenoxy) is 1. The van der Waals surface area contributed by atoms with Crippen molar-refractivity contribution in [2.24, 2.45) is 0 Å². The zero-order valence-electron chi connectivity index (χ0n) is 11.7. The van der Waals surface area contributed by atoms with Crippen LogP contribution >= 0.6 is 11.3 Å². The number of hydrogen-bond donors (Lipinski definition) is 2. The monoisotopic (exact) mass is 281 g/mol. The lowest BCUT2D eigenvalue weighted by atomic mass is 10.2. The Bertz CT molecular complexity index is 633. The van der Waals surface area contributed by atoms with Gasteiger partial charge in [0.2, 0.25) is 0 Å². The van der Waals surface area contributed by atoms with Gasteiger partial charge in [-0.25, -0.2) is 4.98 Å². The van der Waals surface area contributed by atoms with Crippen molar-refractivity contribution in [3.8, 4) is 0 Å². The van der Waals surface area contributed by atoms with E-state index >= 15 is 0 Å². The average molecular weight is 281 g/mol. The van der Waals surface area contributed by atoms with Gasteiger partial charge in [-0.3, -0.25) is 4.79 Å². The van der Waals surface area contributed by atoms with Crippen molar-refractivity contribution in [3.63, 3.8) is 0 Å². The molecule has 0 amide bonds. The molecule has 19 heavy (non-hydrogen) atoms. The van der Waals surface area contributed by atoms with E-state index in [9.17, 15) is 4.79 Å². The molecule has 0 spiro atoms. The average Bonchev–Trinajstić information content (AvgIpc) is 2.63. The number of aryl methyl sites for hydroxylation is 2. The Morgan fingerprint density at radius 3 is 2.89 bits per heavy atom. The summed E-state index contributed by atoms with van der Waals surface area (Å²) in [5.41, 5.74) is 0.976. The van der Waals surface area contributed by atoms with Gasteiger partial charge < -0.3 is 15.0 Å². The highest BCUT2D eigenvalue weighted by Gasteiger charge is 2.12. The molecule has 2 aromatic heterocycles. The Hall–Kier alpha value is -1.24. The molecule has 0 radical (unpaired) electrons. The highest BCUT2D eigenvalue weighted by atomic mass is 32.1. The standard InChI is InChI=1S/C13H19N3O2S/c1-7(6-18-4)14-5-10-15-12(17)11-8(2)9(3)19-13(11)16-10/h7,14H,5-6H2,1-4H3,(H,15,16,17). The van der Waals surface area contributed by atoms with Crippen molar-refractivity contribution in [1.82, 2.24) is 15.3 Å². The molecule has 6 heteroatoms. The van der Waals surface area contributed by atoms with Gasteiger partial charge in [0.15, 0.2) is 0 Å². The molecule has 0 aliphatic rings. The summed E-state index contributed by atoms with van der Waals surface area (Å²) in [7, 11) is 1.67. The molecule has 0 bridgehead atoms. The van der Waals surface area contributed by atoms with Crippen LogP contribution < -0.4 is 10.9 Å². The van der Waals surface area contributed by atoms with E-state index in [0.717, 1.165) is 20.7 Å². The van der Waals surface area contributed by atoms with Crippen molar-refractivity contribution in [2.75, 3.05) is 13.7 Å². The molecule has 0 fully saturated rings. The van der Waals surface area contributed by atoms with Crippen molar-refractivity contribution >= 4 is 21.6 Å². The van der Waals surface area contributed by atoms with Crippen LogP contribution in [0, 0.1) is 13.8 Å². The molecule has 0 saturated carbocycles. The summed E-state index contributed by atoms with van der Waals surface area (Å²) in [6.07, 6.45) is 0. The van der Waals surface area contributed by atoms with E-state index in [-0.39, 0.29) is 11.6 Å². The largest absolute Gasteiger partial charge is 0.383 e. The second-order valence-corrected chi connectivity index (χ2v) is 5.92. The van der Waals surface area contributed by atoms with Gasteiger partial charge in [0.1, 0.15) is 10.7 Å². The Labute approximate surface area is 116 Å². The molecule has 0 aromatic carbocycles. The molecule has 0 aliphatic heterocycles. The number of aromatic nitrogens is 2. The second-order valence-electron chi connectivity index (χ2n) is 4.71. The summed E-state index contributed by atoms with van der Waals surface area (Å²) in [6, 6.07) is 0.220. The van der Waals surface area contributed by atoms with Crippen LogP contribution in [0.2, 0.25) is 0 Å². The lowest BCUT2D eigenvalue weighted by molar-refractivity contribution is 0.171. The van der Waals surface area contributed by atoms with Gasteiger partial charge >= 0.3 is 0 Å². The van der Waals surface area contributed by atoms with Crippen molar-refractivity contribution in [3.05, 3.63) is 26.6 Å². The van der Waals surface area contributed by atoms with Crippen LogP contribution in [0.4, 0.5) is 0 Å². The van der Waals surface area contributed by atoms with Crippen molar-refractivity contribution in [2.45, 2.75) is 33.4 Å². The van der Waals surface area contributed by atoms with Crippen molar-refractivity contribution < 1.29 is 4.74 Å². The number of methoxy groups -OCH3 is 1. The fourth-order valence-electron chi connectivity index (χ4n) is 1.96. The predicted molar refractivity (Wildman–Crippen MR) is 77.9 cm³/mol. The predicted octanol–water partition coefficient (Wildman–Crippen LogP) is 1.73. The summed E-state index contributed by atoms with van der Waals surface area (Å²) in [6.45, 7) is 7.17. The maximum Gasteiger partial charge on any atom is 0.259 e. The minimum Gasteiger partial charge on any atom is -0.383 e. The van der Waals surface area contributed by atoms with E-state index in [1.54, 1.807) is 18.4 Å². The van der Waals surface area contributed by atoms with Gasteiger partial charge in [0, 0.05) is 18.0 Å². The molecule has 1 atom stereocenters. The summed E-state index contributed by atoms with van der Waals surface area (Å²) < 4.78 is 5.05. The smallest absolute Gasteiger partial charge is 0.259 e. The summed E-state index contributed by atoms with van der Waals surface area (Å²) >= 11 is 1.57. The second kappa shape index (κ2) is 5.81. The first-order valence-corrected chi connectivity index (χ1v) is 7.05. The number of thiophene rings is 1. The minimum absolute atomic E-state index is 0.0527. The van der Waals surface area contributed by atoms with E-state index in [2.05, 4.69) is 15.3 Å². The van der Waals surface area contributed by atoms with E-state index in [1.807, 2.05) is 20.8 Å². The maximum absolute atomic E-state index is 12.1. The lowest BCUT2D eigenvalue weighted by Gasteiger charge is -2.11. The van der Waals surface area contributed by atoms with E-state index in [4.69, 9.17) is 4.74 Å². The number of hydrogen-bond acceptors (Lipinski definition) is 5. The van der Waals surface area contributed by atoms with Crippen LogP contribution in [0.1, 0.15) is 23.2 Å². The van der Waals surface area contributed by atoms with Gasteiger partial charge in [-0.2, -0.15) is 0 Å². The van der Waals surface area contributed by atoms with E-state index < -0.39 is 0 Å². The number of nitrogens with zero attached hydrogens (tertiary/aromatic N) is 1. The number of H-pyrrole nitrogens is 1. The molecule has 1 unspecified atom stereocenters. The van der Waals surface area contributed by atoms with Crippen molar-refractivity contribution in [1.29, 1.82) is 0 Å². The first kappa shape index (κ1) is 14.2. The summed E-state index contributed by atoms with van der Waals surface area (Å²) in [5, 5.41) is 3.98. The lowest BCUT2D eigenvalue weighted by Crippen LogP contribution is -2.31. The molecule has 2 rings (SSSR count). The third kappa shape index (κ3) is 3.02.